The fourth-order valence-corrected chi connectivity index (χ4v) is 2.35. The summed E-state index contributed by atoms with van der Waals surface area (Å²) in [6.07, 6.45) is -0.0787. The summed E-state index contributed by atoms with van der Waals surface area (Å²) in [5, 5.41) is 9.23. The smallest absolute Gasteiger partial charge is 0.411 e. The van der Waals surface area contributed by atoms with E-state index >= 15 is 0 Å². The minimum absolute atomic E-state index is 0.141. The van der Waals surface area contributed by atoms with E-state index in [-0.39, 0.29) is 6.10 Å². The van der Waals surface area contributed by atoms with Gasteiger partial charge in [-0.3, -0.25) is 4.90 Å². The normalized spacial score (nSPS) is 21.5. The van der Waals surface area contributed by atoms with Crippen LogP contribution in [0.25, 0.3) is 0 Å². The van der Waals surface area contributed by atoms with Gasteiger partial charge in [0.25, 0.3) is 0 Å². The highest BCUT2D eigenvalue weighted by molar-refractivity contribution is 5.69. The van der Waals surface area contributed by atoms with Crippen molar-refractivity contribution in [1.82, 2.24) is 4.90 Å². The van der Waals surface area contributed by atoms with E-state index in [1.807, 2.05) is 51.1 Å². The van der Waals surface area contributed by atoms with Crippen LogP contribution in [0.4, 0.5) is 4.79 Å². The van der Waals surface area contributed by atoms with Crippen LogP contribution in [0.3, 0.4) is 0 Å². The molecule has 0 aliphatic carbocycles. The molecule has 0 saturated carbocycles. The highest BCUT2D eigenvalue weighted by atomic mass is 16.6. The Labute approximate surface area is 131 Å². The minimum Gasteiger partial charge on any atom is -0.444 e. The largest absolute Gasteiger partial charge is 0.444 e. The van der Waals surface area contributed by atoms with Crippen molar-refractivity contribution >= 4 is 6.09 Å². The lowest BCUT2D eigenvalue weighted by Crippen LogP contribution is -2.39. The molecule has 2 rings (SSSR count). The average molecular weight is 302 g/mol. The average Bonchev–Trinajstić information content (AvgIpc) is 2.88. The van der Waals surface area contributed by atoms with Gasteiger partial charge in [-0.1, -0.05) is 30.3 Å². The molecule has 2 atom stereocenters. The molecule has 0 unspecified atom stereocenters. The molecule has 0 radical (unpaired) electrons. The Hall–Kier alpha value is -2.06. The second kappa shape index (κ2) is 6.80. The molecule has 0 aromatic heterocycles. The number of nitriles is 1. The van der Waals surface area contributed by atoms with E-state index in [2.05, 4.69) is 6.07 Å². The highest BCUT2D eigenvalue weighted by Gasteiger charge is 2.38. The molecule has 5 nitrogen and oxygen atoms in total. The van der Waals surface area contributed by atoms with Gasteiger partial charge in [-0.05, 0) is 26.3 Å². The summed E-state index contributed by atoms with van der Waals surface area (Å²) in [5.41, 5.74) is 0.506. The van der Waals surface area contributed by atoms with Crippen LogP contribution in [-0.2, 0) is 16.1 Å². The molecule has 118 valence electrons. The van der Waals surface area contributed by atoms with Gasteiger partial charge in [0.05, 0.1) is 25.3 Å². The fourth-order valence-electron chi connectivity index (χ4n) is 2.35. The van der Waals surface area contributed by atoms with Crippen LogP contribution in [0.2, 0.25) is 0 Å². The van der Waals surface area contributed by atoms with E-state index in [9.17, 15) is 10.1 Å². The molecule has 0 spiro atoms. The topological polar surface area (TPSA) is 62.6 Å². The van der Waals surface area contributed by atoms with Gasteiger partial charge in [-0.15, -0.1) is 0 Å². The summed E-state index contributed by atoms with van der Waals surface area (Å²) < 4.78 is 11.2. The predicted octanol–water partition coefficient (Wildman–Crippen LogP) is 3.10. The third-order valence-corrected chi connectivity index (χ3v) is 3.37. The maximum absolute atomic E-state index is 12.1. The first kappa shape index (κ1) is 16.3. The molecule has 1 aliphatic rings. The summed E-state index contributed by atoms with van der Waals surface area (Å²) in [4.78, 5) is 13.6. The highest BCUT2D eigenvalue weighted by Crippen LogP contribution is 2.23. The fraction of sp³-hybridized carbons (Fsp3) is 0.529. The Bertz CT molecular complexity index is 545. The number of rotatable bonds is 3. The Kier molecular flexibility index (Phi) is 5.04. The molecule has 1 saturated heterocycles. The zero-order chi connectivity index (χ0) is 16.2. The number of hydrogen-bond acceptors (Lipinski definition) is 4. The van der Waals surface area contributed by atoms with Crippen molar-refractivity contribution in [2.75, 3.05) is 6.54 Å². The van der Waals surface area contributed by atoms with E-state index in [4.69, 9.17) is 9.47 Å². The van der Waals surface area contributed by atoms with Gasteiger partial charge >= 0.3 is 6.09 Å². The van der Waals surface area contributed by atoms with Gasteiger partial charge in [0.1, 0.15) is 11.6 Å². The van der Waals surface area contributed by atoms with Crippen molar-refractivity contribution < 1.29 is 14.3 Å². The van der Waals surface area contributed by atoms with Gasteiger partial charge < -0.3 is 9.47 Å². The standard InChI is InChI=1S/C17H22N2O3/c1-17(2,3)22-16(20)19-11-15(9-14(19)10-18)21-12-13-7-5-4-6-8-13/h4-8,14-15H,9,11-12H2,1-3H3/t14-,15-/m0/s1. The number of carbonyl (C=O) groups excluding carboxylic acids is 1. The van der Waals surface area contributed by atoms with Crippen molar-refractivity contribution in [2.24, 2.45) is 0 Å². The molecule has 5 heteroatoms. The molecule has 1 aliphatic heterocycles. The zero-order valence-corrected chi connectivity index (χ0v) is 13.3. The van der Waals surface area contributed by atoms with Gasteiger partial charge in [0.2, 0.25) is 0 Å². The summed E-state index contributed by atoms with van der Waals surface area (Å²) >= 11 is 0. The van der Waals surface area contributed by atoms with E-state index < -0.39 is 17.7 Å². The summed E-state index contributed by atoms with van der Waals surface area (Å²) in [6, 6.07) is 11.5. The SMILES string of the molecule is CC(C)(C)OC(=O)N1C[C@@H](OCc2ccccc2)C[C@H]1C#N. The predicted molar refractivity (Wildman–Crippen MR) is 82.0 cm³/mol. The summed E-state index contributed by atoms with van der Waals surface area (Å²) in [7, 11) is 0. The third kappa shape index (κ3) is 4.47. The molecule has 0 bridgehead atoms. The van der Waals surface area contributed by atoms with Crippen molar-refractivity contribution in [1.29, 1.82) is 5.26 Å². The summed E-state index contributed by atoms with van der Waals surface area (Å²) in [6.45, 7) is 6.30. The first-order valence-electron chi connectivity index (χ1n) is 7.44. The number of carbonyl (C=O) groups is 1. The second-order valence-corrected chi connectivity index (χ2v) is 6.43. The van der Waals surface area contributed by atoms with Gasteiger partial charge in [-0.25, -0.2) is 4.79 Å². The number of benzene rings is 1. The summed E-state index contributed by atoms with van der Waals surface area (Å²) in [5.74, 6) is 0. The van der Waals surface area contributed by atoms with Gasteiger partial charge in [0, 0.05) is 6.42 Å². The van der Waals surface area contributed by atoms with Gasteiger partial charge in [0.15, 0.2) is 0 Å². The second-order valence-electron chi connectivity index (χ2n) is 6.43. The van der Waals surface area contributed by atoms with Crippen molar-refractivity contribution in [3.8, 4) is 6.07 Å². The molecular formula is C17H22N2O3. The van der Waals surface area contributed by atoms with Crippen LogP contribution >= 0.6 is 0 Å². The number of ether oxygens (including phenoxy) is 2. The van der Waals surface area contributed by atoms with Crippen LogP contribution in [0.1, 0.15) is 32.8 Å². The maximum Gasteiger partial charge on any atom is 0.411 e. The monoisotopic (exact) mass is 302 g/mol. The zero-order valence-electron chi connectivity index (χ0n) is 13.3. The molecule has 1 aromatic carbocycles. The molecule has 1 heterocycles. The molecule has 1 amide bonds. The van der Waals surface area contributed by atoms with E-state index in [1.165, 1.54) is 4.90 Å². The first-order chi connectivity index (χ1) is 10.4. The van der Waals surface area contributed by atoms with Crippen LogP contribution < -0.4 is 0 Å². The maximum atomic E-state index is 12.1. The quantitative estimate of drug-likeness (QED) is 0.860. The van der Waals surface area contributed by atoms with Crippen LogP contribution in [-0.4, -0.2) is 35.3 Å². The molecule has 22 heavy (non-hydrogen) atoms. The van der Waals surface area contributed by atoms with Crippen LogP contribution in [0, 0.1) is 11.3 Å². The van der Waals surface area contributed by atoms with Crippen molar-refractivity contribution in [3.05, 3.63) is 35.9 Å². The van der Waals surface area contributed by atoms with Crippen molar-refractivity contribution in [2.45, 2.75) is 51.5 Å². The third-order valence-electron chi connectivity index (χ3n) is 3.37. The first-order valence-corrected chi connectivity index (χ1v) is 7.44. The van der Waals surface area contributed by atoms with Crippen LogP contribution in [0.15, 0.2) is 30.3 Å². The molecule has 1 fully saturated rings. The Morgan fingerprint density at radius 3 is 2.64 bits per heavy atom. The minimum atomic E-state index is -0.569. The number of amides is 1. The Morgan fingerprint density at radius 1 is 1.36 bits per heavy atom. The molecule has 1 aromatic rings. The Balaban J connectivity index is 1.92. The van der Waals surface area contributed by atoms with E-state index in [0.29, 0.717) is 19.6 Å². The van der Waals surface area contributed by atoms with Crippen molar-refractivity contribution in [3.63, 3.8) is 0 Å². The van der Waals surface area contributed by atoms with Gasteiger partial charge in [-0.2, -0.15) is 5.26 Å². The van der Waals surface area contributed by atoms with E-state index in [1.54, 1.807) is 0 Å². The molecule has 0 N–H and O–H groups in total. The lowest BCUT2D eigenvalue weighted by molar-refractivity contribution is 0.0167. The number of likely N-dealkylation sites (tertiary alicyclic amines) is 1. The number of hydrogen-bond donors (Lipinski definition) is 0. The number of nitrogens with zero attached hydrogens (tertiary/aromatic N) is 2. The lowest BCUT2D eigenvalue weighted by Gasteiger charge is -2.25. The Morgan fingerprint density at radius 2 is 2.05 bits per heavy atom. The van der Waals surface area contributed by atoms with Crippen LogP contribution in [0.5, 0.6) is 0 Å². The molecular weight excluding hydrogens is 280 g/mol. The van der Waals surface area contributed by atoms with E-state index in [0.717, 1.165) is 5.56 Å². The lowest BCUT2D eigenvalue weighted by atomic mass is 10.2.